The quantitative estimate of drug-likeness (QED) is 0.502. The van der Waals surface area contributed by atoms with Crippen LogP contribution < -0.4 is 19.5 Å². The molecule has 0 unspecified atom stereocenters. The van der Waals surface area contributed by atoms with Crippen LogP contribution in [0.1, 0.15) is 5.56 Å². The van der Waals surface area contributed by atoms with Crippen LogP contribution in [0.5, 0.6) is 17.2 Å². The minimum atomic E-state index is -0.160. The van der Waals surface area contributed by atoms with Crippen molar-refractivity contribution in [3.05, 3.63) is 40.9 Å². The van der Waals surface area contributed by atoms with Gasteiger partial charge in [0.1, 0.15) is 0 Å². The lowest BCUT2D eigenvalue weighted by Crippen LogP contribution is -2.15. The van der Waals surface area contributed by atoms with E-state index < -0.39 is 0 Å². The molecule has 0 atom stereocenters. The highest BCUT2D eigenvalue weighted by Crippen LogP contribution is 2.41. The topological polar surface area (TPSA) is 87.5 Å². The predicted octanol–water partition coefficient (Wildman–Crippen LogP) is 4.20. The molecule has 2 aromatic carbocycles. The summed E-state index contributed by atoms with van der Waals surface area (Å²) in [7, 11) is 6.49. The molecule has 8 nitrogen and oxygen atoms in total. The molecule has 0 saturated carbocycles. The van der Waals surface area contributed by atoms with E-state index in [9.17, 15) is 4.79 Å². The van der Waals surface area contributed by atoms with Gasteiger partial charge in [0, 0.05) is 23.3 Å². The molecular formula is C21H23ClN4O4S. The fourth-order valence-corrected chi connectivity index (χ4v) is 3.83. The zero-order chi connectivity index (χ0) is 22.5. The van der Waals surface area contributed by atoms with E-state index in [1.165, 1.54) is 11.8 Å². The maximum Gasteiger partial charge on any atom is 0.234 e. The minimum absolute atomic E-state index is 0.160. The number of methoxy groups -OCH3 is 3. The van der Waals surface area contributed by atoms with E-state index in [-0.39, 0.29) is 11.7 Å². The van der Waals surface area contributed by atoms with Crippen LogP contribution in [-0.4, -0.2) is 47.8 Å². The molecule has 1 N–H and O–H groups in total. The number of hydrogen-bond donors (Lipinski definition) is 1. The number of nitrogens with zero attached hydrogens (tertiary/aromatic N) is 3. The van der Waals surface area contributed by atoms with E-state index in [1.54, 1.807) is 45.6 Å². The third-order valence-electron chi connectivity index (χ3n) is 4.56. The van der Waals surface area contributed by atoms with Gasteiger partial charge in [-0.3, -0.25) is 4.79 Å². The lowest BCUT2D eigenvalue weighted by molar-refractivity contribution is -0.113. The van der Waals surface area contributed by atoms with E-state index >= 15 is 0 Å². The molecule has 0 spiro atoms. The number of benzene rings is 2. The van der Waals surface area contributed by atoms with Gasteiger partial charge in [-0.15, -0.1) is 10.2 Å². The second-order valence-corrected chi connectivity index (χ2v) is 7.95. The van der Waals surface area contributed by atoms with Crippen molar-refractivity contribution in [2.24, 2.45) is 7.05 Å². The molecule has 0 bridgehead atoms. The van der Waals surface area contributed by atoms with Gasteiger partial charge in [-0.05, 0) is 36.8 Å². The maximum absolute atomic E-state index is 12.4. The van der Waals surface area contributed by atoms with Gasteiger partial charge in [0.05, 0.1) is 27.1 Å². The fraction of sp³-hybridized carbons (Fsp3) is 0.286. The number of carbonyl (C=O) groups excluding carboxylic acids is 1. The van der Waals surface area contributed by atoms with Gasteiger partial charge in [0.2, 0.25) is 11.7 Å². The first kappa shape index (κ1) is 22.8. The Hall–Kier alpha value is -2.91. The van der Waals surface area contributed by atoms with Gasteiger partial charge in [0.15, 0.2) is 22.5 Å². The maximum atomic E-state index is 12.4. The fourth-order valence-electron chi connectivity index (χ4n) is 2.95. The second-order valence-electron chi connectivity index (χ2n) is 6.58. The summed E-state index contributed by atoms with van der Waals surface area (Å²) in [4.78, 5) is 12.4. The molecular weight excluding hydrogens is 440 g/mol. The highest BCUT2D eigenvalue weighted by molar-refractivity contribution is 7.99. The van der Waals surface area contributed by atoms with Crippen LogP contribution in [0.15, 0.2) is 35.5 Å². The van der Waals surface area contributed by atoms with Crippen molar-refractivity contribution in [1.82, 2.24) is 14.8 Å². The third-order valence-corrected chi connectivity index (χ3v) is 5.82. The second kappa shape index (κ2) is 9.93. The summed E-state index contributed by atoms with van der Waals surface area (Å²) in [5, 5.41) is 12.5. The van der Waals surface area contributed by atoms with Crippen LogP contribution in [0, 0.1) is 6.92 Å². The van der Waals surface area contributed by atoms with Gasteiger partial charge in [0.25, 0.3) is 0 Å². The first-order valence-corrected chi connectivity index (χ1v) is 10.6. The van der Waals surface area contributed by atoms with E-state index in [0.717, 1.165) is 11.1 Å². The number of anilines is 1. The number of amides is 1. The molecule has 164 valence electrons. The standard InChI is InChI=1S/C21H23ClN4O4S/c1-12-6-7-14(22)10-15(12)23-18(27)11-31-21-25-24-20(26(21)2)13-8-16(28-3)19(30-5)17(9-13)29-4/h6-10H,11H2,1-5H3,(H,23,27). The molecule has 0 aliphatic carbocycles. The summed E-state index contributed by atoms with van der Waals surface area (Å²) < 4.78 is 18.0. The number of hydrogen-bond acceptors (Lipinski definition) is 7. The zero-order valence-electron chi connectivity index (χ0n) is 17.9. The van der Waals surface area contributed by atoms with Crippen molar-refractivity contribution >= 4 is 35.0 Å². The first-order chi connectivity index (χ1) is 14.9. The Balaban J connectivity index is 1.76. The molecule has 0 radical (unpaired) electrons. The SMILES string of the molecule is COc1cc(-c2nnc(SCC(=O)Nc3cc(Cl)ccc3C)n2C)cc(OC)c1OC. The molecule has 0 fully saturated rings. The number of carbonyl (C=O) groups is 1. The molecule has 0 aliphatic heterocycles. The van der Waals surface area contributed by atoms with Crippen molar-refractivity contribution in [2.75, 3.05) is 32.4 Å². The molecule has 1 heterocycles. The summed E-state index contributed by atoms with van der Waals surface area (Å²) in [5.41, 5.74) is 2.37. The number of thioether (sulfide) groups is 1. The number of halogens is 1. The molecule has 0 saturated heterocycles. The first-order valence-electron chi connectivity index (χ1n) is 9.26. The number of aryl methyl sites for hydroxylation is 1. The highest BCUT2D eigenvalue weighted by Gasteiger charge is 2.19. The minimum Gasteiger partial charge on any atom is -0.493 e. The van der Waals surface area contributed by atoms with Crippen molar-refractivity contribution in [3.63, 3.8) is 0 Å². The van der Waals surface area contributed by atoms with E-state index in [4.69, 9.17) is 25.8 Å². The largest absolute Gasteiger partial charge is 0.493 e. The Morgan fingerprint density at radius 2 is 1.77 bits per heavy atom. The summed E-state index contributed by atoms with van der Waals surface area (Å²) in [6.45, 7) is 1.91. The van der Waals surface area contributed by atoms with Gasteiger partial charge in [-0.25, -0.2) is 0 Å². The molecule has 3 aromatic rings. The molecule has 1 amide bonds. The Bertz CT molecular complexity index is 1080. The smallest absolute Gasteiger partial charge is 0.234 e. The zero-order valence-corrected chi connectivity index (χ0v) is 19.4. The van der Waals surface area contributed by atoms with Gasteiger partial charge in [-0.1, -0.05) is 29.4 Å². The van der Waals surface area contributed by atoms with Crippen molar-refractivity contribution in [1.29, 1.82) is 0 Å². The van der Waals surface area contributed by atoms with Gasteiger partial charge < -0.3 is 24.1 Å². The van der Waals surface area contributed by atoms with Gasteiger partial charge in [-0.2, -0.15) is 0 Å². The Labute approximate surface area is 189 Å². The van der Waals surface area contributed by atoms with Crippen LogP contribution in [0.25, 0.3) is 11.4 Å². The summed E-state index contributed by atoms with van der Waals surface area (Å²) >= 11 is 7.30. The van der Waals surface area contributed by atoms with E-state index in [1.807, 2.05) is 24.6 Å². The Morgan fingerprint density at radius 1 is 1.10 bits per heavy atom. The predicted molar refractivity (Wildman–Crippen MR) is 122 cm³/mol. The van der Waals surface area contributed by atoms with Crippen LogP contribution >= 0.6 is 23.4 Å². The molecule has 10 heteroatoms. The lowest BCUT2D eigenvalue weighted by Gasteiger charge is -2.14. The van der Waals surface area contributed by atoms with Crippen LogP contribution in [0.4, 0.5) is 5.69 Å². The van der Waals surface area contributed by atoms with E-state index in [0.29, 0.717) is 38.9 Å². The number of ether oxygens (including phenoxy) is 3. The normalized spacial score (nSPS) is 10.6. The highest BCUT2D eigenvalue weighted by atomic mass is 35.5. The number of aromatic nitrogens is 3. The molecule has 1 aromatic heterocycles. The Morgan fingerprint density at radius 3 is 2.39 bits per heavy atom. The third kappa shape index (κ3) is 5.05. The van der Waals surface area contributed by atoms with Crippen LogP contribution in [-0.2, 0) is 11.8 Å². The van der Waals surface area contributed by atoms with Gasteiger partial charge >= 0.3 is 0 Å². The summed E-state index contributed by atoms with van der Waals surface area (Å²) in [5.74, 6) is 2.15. The molecule has 31 heavy (non-hydrogen) atoms. The summed E-state index contributed by atoms with van der Waals surface area (Å²) in [6.07, 6.45) is 0. The number of rotatable bonds is 8. The van der Waals surface area contributed by atoms with Crippen LogP contribution in [0.2, 0.25) is 5.02 Å². The molecule has 3 rings (SSSR count). The lowest BCUT2D eigenvalue weighted by atomic mass is 10.1. The summed E-state index contributed by atoms with van der Waals surface area (Å²) in [6, 6.07) is 8.97. The van der Waals surface area contributed by atoms with E-state index in [2.05, 4.69) is 15.5 Å². The average Bonchev–Trinajstić information content (AvgIpc) is 3.13. The monoisotopic (exact) mass is 462 g/mol. The average molecular weight is 463 g/mol. The number of nitrogens with one attached hydrogen (secondary N) is 1. The Kier molecular flexibility index (Phi) is 7.29. The molecule has 0 aliphatic rings. The van der Waals surface area contributed by atoms with Crippen molar-refractivity contribution in [2.45, 2.75) is 12.1 Å². The van der Waals surface area contributed by atoms with Crippen molar-refractivity contribution in [3.8, 4) is 28.6 Å². The van der Waals surface area contributed by atoms with Crippen LogP contribution in [0.3, 0.4) is 0 Å². The van der Waals surface area contributed by atoms with Crippen molar-refractivity contribution < 1.29 is 19.0 Å².